The zero-order valence-electron chi connectivity index (χ0n) is 16.1. The zero-order valence-corrected chi connectivity index (χ0v) is 16.1. The normalized spacial score (nSPS) is 17.9. The lowest BCUT2D eigenvalue weighted by Gasteiger charge is -2.28. The van der Waals surface area contributed by atoms with E-state index < -0.39 is 6.10 Å². The van der Waals surface area contributed by atoms with Crippen molar-refractivity contribution in [2.75, 3.05) is 33.9 Å². The molecule has 0 saturated carbocycles. The summed E-state index contributed by atoms with van der Waals surface area (Å²) in [6, 6.07) is 15.8. The van der Waals surface area contributed by atoms with Gasteiger partial charge in [-0.3, -0.25) is 4.90 Å². The molecule has 2 aromatic rings. The lowest BCUT2D eigenvalue weighted by Crippen LogP contribution is -2.35. The Bertz CT molecular complexity index is 701. The first-order valence-corrected chi connectivity index (χ1v) is 9.47. The van der Waals surface area contributed by atoms with Gasteiger partial charge >= 0.3 is 0 Å². The minimum atomic E-state index is -0.534. The number of hydrogen-bond donors (Lipinski definition) is 1. The molecule has 0 radical (unpaired) electrons. The van der Waals surface area contributed by atoms with Gasteiger partial charge in [0.05, 0.1) is 26.4 Å². The summed E-state index contributed by atoms with van der Waals surface area (Å²) in [5.41, 5.74) is 2.05. The molecule has 5 nitrogen and oxygen atoms in total. The van der Waals surface area contributed by atoms with Crippen LogP contribution >= 0.6 is 0 Å². The highest BCUT2D eigenvalue weighted by atomic mass is 16.5. The molecule has 0 bridgehead atoms. The predicted octanol–water partition coefficient (Wildman–Crippen LogP) is 3.42. The molecule has 1 aliphatic rings. The summed E-state index contributed by atoms with van der Waals surface area (Å²) in [7, 11) is 3.28. The summed E-state index contributed by atoms with van der Waals surface area (Å²) in [6.07, 6.45) is 1.88. The topological polar surface area (TPSA) is 51.2 Å². The molecule has 0 aromatic heterocycles. The zero-order chi connectivity index (χ0) is 19.1. The van der Waals surface area contributed by atoms with E-state index in [1.165, 1.54) is 0 Å². The van der Waals surface area contributed by atoms with Crippen LogP contribution in [0.15, 0.2) is 48.5 Å². The second-order valence-corrected chi connectivity index (χ2v) is 6.94. The molecule has 5 heteroatoms. The van der Waals surface area contributed by atoms with Gasteiger partial charge in [0.2, 0.25) is 0 Å². The van der Waals surface area contributed by atoms with Crippen LogP contribution in [0.25, 0.3) is 0 Å². The fourth-order valence-corrected chi connectivity index (χ4v) is 3.54. The molecule has 1 aliphatic heterocycles. The third kappa shape index (κ3) is 5.45. The van der Waals surface area contributed by atoms with E-state index >= 15 is 0 Å². The molecule has 1 fully saturated rings. The quantitative estimate of drug-likeness (QED) is 0.732. The number of aliphatic hydroxyl groups is 1. The largest absolute Gasteiger partial charge is 0.493 e. The monoisotopic (exact) mass is 371 g/mol. The maximum atomic E-state index is 10.7. The first kappa shape index (κ1) is 19.7. The number of nitrogens with zero attached hydrogens (tertiary/aromatic N) is 1. The van der Waals surface area contributed by atoms with Gasteiger partial charge in [0, 0.05) is 26.2 Å². The Morgan fingerprint density at radius 2 is 1.89 bits per heavy atom. The van der Waals surface area contributed by atoms with Gasteiger partial charge in [0.1, 0.15) is 0 Å². The van der Waals surface area contributed by atoms with E-state index in [-0.39, 0.29) is 6.10 Å². The average molecular weight is 371 g/mol. The SMILES string of the molecule is COc1ccc(CN(C[C@H]2CCCO2)C[C@H](O)c2ccccc2)cc1OC. The number of ether oxygens (including phenoxy) is 3. The Labute approximate surface area is 161 Å². The standard InChI is InChI=1S/C22H29NO4/c1-25-21-11-10-17(13-22(21)26-2)14-23(15-19-9-6-12-27-19)16-20(24)18-7-4-3-5-8-18/h3-5,7-8,10-11,13,19-20,24H,6,9,12,14-16H2,1-2H3/t19-,20+/m1/s1. The Hall–Kier alpha value is -2.08. The molecule has 1 heterocycles. The van der Waals surface area contributed by atoms with Gasteiger partial charge in [-0.15, -0.1) is 0 Å². The maximum absolute atomic E-state index is 10.7. The number of methoxy groups -OCH3 is 2. The van der Waals surface area contributed by atoms with Crippen molar-refractivity contribution < 1.29 is 19.3 Å². The van der Waals surface area contributed by atoms with Crippen LogP contribution in [-0.4, -0.2) is 50.0 Å². The van der Waals surface area contributed by atoms with E-state index in [9.17, 15) is 5.11 Å². The van der Waals surface area contributed by atoms with Crippen LogP contribution in [0.1, 0.15) is 30.1 Å². The Kier molecular flexibility index (Phi) is 7.10. The molecule has 1 saturated heterocycles. The van der Waals surface area contributed by atoms with Gasteiger partial charge in [-0.1, -0.05) is 36.4 Å². The number of aliphatic hydroxyl groups excluding tert-OH is 1. The van der Waals surface area contributed by atoms with Crippen molar-refractivity contribution in [3.8, 4) is 11.5 Å². The van der Waals surface area contributed by atoms with E-state index in [1.54, 1.807) is 14.2 Å². The van der Waals surface area contributed by atoms with Crippen LogP contribution < -0.4 is 9.47 Å². The van der Waals surface area contributed by atoms with Crippen molar-refractivity contribution in [1.82, 2.24) is 4.90 Å². The van der Waals surface area contributed by atoms with Crippen molar-refractivity contribution in [2.24, 2.45) is 0 Å². The van der Waals surface area contributed by atoms with Crippen LogP contribution in [-0.2, 0) is 11.3 Å². The number of benzene rings is 2. The maximum Gasteiger partial charge on any atom is 0.161 e. The molecule has 0 unspecified atom stereocenters. The molecular weight excluding hydrogens is 342 g/mol. The Morgan fingerprint density at radius 1 is 1.11 bits per heavy atom. The molecule has 0 amide bonds. The van der Waals surface area contributed by atoms with Crippen molar-refractivity contribution in [2.45, 2.75) is 31.6 Å². The third-order valence-electron chi connectivity index (χ3n) is 4.96. The molecule has 27 heavy (non-hydrogen) atoms. The highest BCUT2D eigenvalue weighted by Gasteiger charge is 2.22. The molecule has 0 spiro atoms. The molecular formula is C22H29NO4. The average Bonchev–Trinajstić information content (AvgIpc) is 3.21. The van der Waals surface area contributed by atoms with Crippen LogP contribution in [0.2, 0.25) is 0 Å². The van der Waals surface area contributed by atoms with E-state index in [1.807, 2.05) is 48.5 Å². The minimum Gasteiger partial charge on any atom is -0.493 e. The summed E-state index contributed by atoms with van der Waals surface area (Å²) in [6.45, 7) is 2.90. The van der Waals surface area contributed by atoms with E-state index in [0.717, 1.165) is 48.6 Å². The summed E-state index contributed by atoms with van der Waals surface area (Å²) in [5.74, 6) is 1.44. The summed E-state index contributed by atoms with van der Waals surface area (Å²) >= 11 is 0. The van der Waals surface area contributed by atoms with Crippen LogP contribution in [0.3, 0.4) is 0 Å². The van der Waals surface area contributed by atoms with Crippen molar-refractivity contribution >= 4 is 0 Å². The molecule has 2 aromatic carbocycles. The highest BCUT2D eigenvalue weighted by molar-refractivity contribution is 5.42. The van der Waals surface area contributed by atoms with Crippen molar-refractivity contribution in [3.05, 3.63) is 59.7 Å². The lowest BCUT2D eigenvalue weighted by molar-refractivity contribution is 0.0460. The van der Waals surface area contributed by atoms with Crippen molar-refractivity contribution in [3.63, 3.8) is 0 Å². The molecule has 3 rings (SSSR count). The van der Waals surface area contributed by atoms with Gasteiger partial charge in [-0.2, -0.15) is 0 Å². The smallest absolute Gasteiger partial charge is 0.161 e. The highest BCUT2D eigenvalue weighted by Crippen LogP contribution is 2.28. The number of hydrogen-bond acceptors (Lipinski definition) is 5. The first-order chi connectivity index (χ1) is 13.2. The van der Waals surface area contributed by atoms with Crippen LogP contribution in [0, 0.1) is 0 Å². The van der Waals surface area contributed by atoms with E-state index in [4.69, 9.17) is 14.2 Å². The molecule has 2 atom stereocenters. The van der Waals surface area contributed by atoms with E-state index in [2.05, 4.69) is 4.90 Å². The second kappa shape index (κ2) is 9.74. The summed E-state index contributed by atoms with van der Waals surface area (Å²) in [4.78, 5) is 2.26. The summed E-state index contributed by atoms with van der Waals surface area (Å²) in [5, 5.41) is 10.7. The predicted molar refractivity (Wildman–Crippen MR) is 105 cm³/mol. The van der Waals surface area contributed by atoms with Gasteiger partial charge in [-0.25, -0.2) is 0 Å². The molecule has 1 N–H and O–H groups in total. The van der Waals surface area contributed by atoms with Gasteiger partial charge in [0.25, 0.3) is 0 Å². The van der Waals surface area contributed by atoms with Crippen molar-refractivity contribution in [1.29, 1.82) is 0 Å². The van der Waals surface area contributed by atoms with E-state index in [0.29, 0.717) is 13.1 Å². The summed E-state index contributed by atoms with van der Waals surface area (Å²) < 4.78 is 16.6. The Morgan fingerprint density at radius 3 is 2.56 bits per heavy atom. The molecule has 146 valence electrons. The van der Waals surface area contributed by atoms with Crippen LogP contribution in [0.4, 0.5) is 0 Å². The van der Waals surface area contributed by atoms with Gasteiger partial charge in [0.15, 0.2) is 11.5 Å². The number of rotatable bonds is 9. The third-order valence-corrected chi connectivity index (χ3v) is 4.96. The lowest BCUT2D eigenvalue weighted by atomic mass is 10.1. The minimum absolute atomic E-state index is 0.230. The first-order valence-electron chi connectivity index (χ1n) is 9.47. The van der Waals surface area contributed by atoms with Gasteiger partial charge in [-0.05, 0) is 36.1 Å². The fourth-order valence-electron chi connectivity index (χ4n) is 3.54. The Balaban J connectivity index is 1.73. The van der Waals surface area contributed by atoms with Gasteiger partial charge < -0.3 is 19.3 Å². The fraction of sp³-hybridized carbons (Fsp3) is 0.455. The second-order valence-electron chi connectivity index (χ2n) is 6.94. The van der Waals surface area contributed by atoms with Crippen LogP contribution in [0.5, 0.6) is 11.5 Å². The molecule has 0 aliphatic carbocycles.